The van der Waals surface area contributed by atoms with E-state index in [1.165, 1.54) is 6.42 Å². The summed E-state index contributed by atoms with van der Waals surface area (Å²) >= 11 is 6.32. The second-order valence-corrected chi connectivity index (χ2v) is 9.00. The summed E-state index contributed by atoms with van der Waals surface area (Å²) in [4.78, 5) is 13.5. The number of anilines is 1. The predicted octanol–water partition coefficient (Wildman–Crippen LogP) is 5.07. The molecule has 1 aromatic heterocycles. The Morgan fingerprint density at radius 3 is 2.71 bits per heavy atom. The van der Waals surface area contributed by atoms with E-state index >= 15 is 0 Å². The van der Waals surface area contributed by atoms with Gasteiger partial charge in [-0.3, -0.25) is 0 Å². The number of rotatable bonds is 6. The number of aromatic nitrogens is 4. The number of carbonyl (C=O) groups is 1. The molecule has 1 unspecified atom stereocenters. The lowest BCUT2D eigenvalue weighted by molar-refractivity contribution is -0.146. The van der Waals surface area contributed by atoms with Crippen LogP contribution in [0.5, 0.6) is 5.75 Å². The molecule has 0 radical (unpaired) electrons. The van der Waals surface area contributed by atoms with Crippen molar-refractivity contribution in [3.8, 4) is 5.75 Å². The number of nitrogens with one attached hydrogen (secondary N) is 1. The van der Waals surface area contributed by atoms with Gasteiger partial charge < -0.3 is 14.8 Å². The van der Waals surface area contributed by atoms with Gasteiger partial charge in [0, 0.05) is 21.8 Å². The molecule has 34 heavy (non-hydrogen) atoms. The van der Waals surface area contributed by atoms with E-state index in [0.717, 1.165) is 36.8 Å². The molecule has 1 saturated carbocycles. The normalized spacial score (nSPS) is 18.2. The second kappa shape index (κ2) is 9.85. The number of carbonyl (C=O) groups excluding carboxylic acids is 1. The Balaban J connectivity index is 1.49. The number of benzene rings is 2. The molecule has 9 heteroatoms. The van der Waals surface area contributed by atoms with Gasteiger partial charge in [0.25, 0.3) is 0 Å². The number of allylic oxidation sites excluding steroid dienone is 1. The van der Waals surface area contributed by atoms with Crippen molar-refractivity contribution in [2.24, 2.45) is 0 Å². The van der Waals surface area contributed by atoms with Crippen molar-refractivity contribution in [1.82, 2.24) is 20.2 Å². The van der Waals surface area contributed by atoms with Crippen LogP contribution >= 0.6 is 11.6 Å². The number of esters is 1. The molecule has 0 saturated heterocycles. The number of hydrogen-bond acceptors (Lipinski definition) is 7. The molecule has 5 rings (SSSR count). The van der Waals surface area contributed by atoms with Crippen LogP contribution in [0.1, 0.15) is 56.2 Å². The van der Waals surface area contributed by atoms with Gasteiger partial charge in [0.1, 0.15) is 24.5 Å². The monoisotopic (exact) mass is 479 g/mol. The van der Waals surface area contributed by atoms with Crippen LogP contribution in [0.4, 0.5) is 5.95 Å². The molecule has 0 amide bonds. The molecule has 1 fully saturated rings. The molecule has 1 aliphatic carbocycles. The first-order valence-electron chi connectivity index (χ1n) is 11.5. The Kier molecular flexibility index (Phi) is 6.49. The highest BCUT2D eigenvalue weighted by molar-refractivity contribution is 6.31. The van der Waals surface area contributed by atoms with Gasteiger partial charge in [-0.15, -0.1) is 0 Å². The highest BCUT2D eigenvalue weighted by Gasteiger charge is 2.37. The zero-order valence-corrected chi connectivity index (χ0v) is 19.7. The van der Waals surface area contributed by atoms with Crippen LogP contribution < -0.4 is 10.1 Å². The molecule has 0 bridgehead atoms. The van der Waals surface area contributed by atoms with Gasteiger partial charge in [-0.1, -0.05) is 59.5 Å². The zero-order chi connectivity index (χ0) is 23.5. The van der Waals surface area contributed by atoms with Gasteiger partial charge >= 0.3 is 5.97 Å². The summed E-state index contributed by atoms with van der Waals surface area (Å²) in [5, 5.41) is 15.8. The Bertz CT molecular complexity index is 1220. The van der Waals surface area contributed by atoms with E-state index in [2.05, 4.69) is 20.8 Å². The third-order valence-electron chi connectivity index (χ3n) is 6.31. The Labute approximate surface area is 202 Å². The first-order chi connectivity index (χ1) is 16.6. The minimum Gasteiger partial charge on any atom is -0.488 e. The number of nitrogens with zero attached hydrogens (tertiary/aromatic N) is 4. The molecule has 1 aliphatic heterocycles. The van der Waals surface area contributed by atoms with E-state index in [1.807, 2.05) is 55.5 Å². The summed E-state index contributed by atoms with van der Waals surface area (Å²) in [5.41, 5.74) is 2.77. The molecule has 1 N–H and O–H groups in total. The van der Waals surface area contributed by atoms with Crippen LogP contribution in [-0.2, 0) is 16.1 Å². The summed E-state index contributed by atoms with van der Waals surface area (Å²) in [5.74, 6) is 0.716. The zero-order valence-electron chi connectivity index (χ0n) is 18.9. The lowest BCUT2D eigenvalue weighted by Crippen LogP contribution is -2.32. The van der Waals surface area contributed by atoms with Crippen molar-refractivity contribution >= 4 is 23.5 Å². The van der Waals surface area contributed by atoms with E-state index < -0.39 is 6.04 Å². The van der Waals surface area contributed by atoms with E-state index in [1.54, 1.807) is 4.68 Å². The maximum atomic E-state index is 13.5. The van der Waals surface area contributed by atoms with Gasteiger partial charge in [-0.2, -0.15) is 4.68 Å². The Hall–Kier alpha value is -3.39. The number of para-hydroxylation sites is 1. The Morgan fingerprint density at radius 2 is 1.88 bits per heavy atom. The molecular weight excluding hydrogens is 454 g/mol. The molecule has 2 aromatic carbocycles. The van der Waals surface area contributed by atoms with Crippen LogP contribution in [0.25, 0.3) is 0 Å². The molecule has 0 spiro atoms. The van der Waals surface area contributed by atoms with Gasteiger partial charge in [-0.05, 0) is 55.2 Å². The van der Waals surface area contributed by atoms with Gasteiger partial charge in [-0.25, -0.2) is 4.79 Å². The first-order valence-corrected chi connectivity index (χ1v) is 11.9. The molecule has 1 atom stereocenters. The van der Waals surface area contributed by atoms with Gasteiger partial charge in [0.05, 0.1) is 5.57 Å². The molecule has 2 heterocycles. The van der Waals surface area contributed by atoms with E-state index in [4.69, 9.17) is 21.1 Å². The smallest absolute Gasteiger partial charge is 0.338 e. The fourth-order valence-electron chi connectivity index (χ4n) is 4.57. The standard InChI is InChI=1S/C25H26ClN5O3/c1-16-22(24(32)34-18-10-3-2-4-11-18)23(31-25(27-16)28-29-30-31)19-12-6-8-14-21(19)33-15-17-9-5-7-13-20(17)26/h5-9,12-14,18,23H,2-4,10-11,15H2,1H3,(H,27,28,30). The van der Waals surface area contributed by atoms with E-state index in [-0.39, 0.29) is 18.7 Å². The number of tetrazole rings is 1. The highest BCUT2D eigenvalue weighted by Crippen LogP contribution is 2.39. The van der Waals surface area contributed by atoms with Crippen LogP contribution in [0.15, 0.2) is 59.8 Å². The van der Waals surface area contributed by atoms with E-state index in [9.17, 15) is 4.79 Å². The molecule has 176 valence electrons. The second-order valence-electron chi connectivity index (χ2n) is 8.60. The SMILES string of the molecule is CC1=C(C(=O)OC2CCCCC2)C(c2ccccc2OCc2ccccc2Cl)n2nnnc2N1. The lowest BCUT2D eigenvalue weighted by Gasteiger charge is -2.30. The first kappa shape index (κ1) is 22.4. The predicted molar refractivity (Wildman–Crippen MR) is 127 cm³/mol. The largest absolute Gasteiger partial charge is 0.488 e. The van der Waals surface area contributed by atoms with Gasteiger partial charge in [0.2, 0.25) is 5.95 Å². The maximum absolute atomic E-state index is 13.5. The van der Waals surface area contributed by atoms with E-state index in [0.29, 0.717) is 28.0 Å². The molecule has 3 aromatic rings. The summed E-state index contributed by atoms with van der Waals surface area (Å²) in [6.45, 7) is 2.13. The van der Waals surface area contributed by atoms with Crippen molar-refractivity contribution in [3.63, 3.8) is 0 Å². The van der Waals surface area contributed by atoms with Crippen LogP contribution in [-0.4, -0.2) is 32.3 Å². The minimum absolute atomic E-state index is 0.0656. The molecule has 8 nitrogen and oxygen atoms in total. The highest BCUT2D eigenvalue weighted by atomic mass is 35.5. The van der Waals surface area contributed by atoms with Crippen LogP contribution in [0.2, 0.25) is 5.02 Å². The van der Waals surface area contributed by atoms with Crippen molar-refractivity contribution < 1.29 is 14.3 Å². The van der Waals surface area contributed by atoms with Crippen molar-refractivity contribution in [2.75, 3.05) is 5.32 Å². The van der Waals surface area contributed by atoms with Crippen molar-refractivity contribution in [3.05, 3.63) is 76.0 Å². The molecular formula is C25H26ClN5O3. The quantitative estimate of drug-likeness (QED) is 0.493. The van der Waals surface area contributed by atoms with Crippen LogP contribution in [0, 0.1) is 0 Å². The number of hydrogen-bond donors (Lipinski definition) is 1. The lowest BCUT2D eigenvalue weighted by atomic mass is 9.94. The fourth-order valence-corrected chi connectivity index (χ4v) is 4.76. The number of fused-ring (bicyclic) bond motifs is 1. The van der Waals surface area contributed by atoms with Gasteiger partial charge in [0.15, 0.2) is 0 Å². The Morgan fingerprint density at radius 1 is 1.12 bits per heavy atom. The average molecular weight is 480 g/mol. The third kappa shape index (κ3) is 4.50. The van der Waals surface area contributed by atoms with Crippen molar-refractivity contribution in [2.45, 2.75) is 57.8 Å². The summed E-state index contributed by atoms with van der Waals surface area (Å²) in [7, 11) is 0. The number of halogens is 1. The third-order valence-corrected chi connectivity index (χ3v) is 6.68. The fraction of sp³-hybridized carbons (Fsp3) is 0.360. The molecule has 2 aliphatic rings. The maximum Gasteiger partial charge on any atom is 0.338 e. The van der Waals surface area contributed by atoms with Crippen LogP contribution in [0.3, 0.4) is 0 Å². The minimum atomic E-state index is -0.593. The average Bonchev–Trinajstić information content (AvgIpc) is 3.31. The van der Waals surface area contributed by atoms with Crippen molar-refractivity contribution in [1.29, 1.82) is 0 Å². The topological polar surface area (TPSA) is 91.2 Å². The summed E-state index contributed by atoms with van der Waals surface area (Å²) in [6, 6.07) is 14.6. The summed E-state index contributed by atoms with van der Waals surface area (Å²) < 4.78 is 13.8. The number of ether oxygens (including phenoxy) is 2. The summed E-state index contributed by atoms with van der Waals surface area (Å²) in [6.07, 6.45) is 5.06.